The fraction of sp³-hybridized carbons (Fsp3) is 0.450. The van der Waals surface area contributed by atoms with Crippen molar-refractivity contribution in [1.29, 1.82) is 0 Å². The fourth-order valence-electron chi connectivity index (χ4n) is 3.70. The summed E-state index contributed by atoms with van der Waals surface area (Å²) >= 11 is 0. The molecule has 0 aliphatic heterocycles. The molecule has 1 aliphatic carbocycles. The van der Waals surface area contributed by atoms with Crippen LogP contribution in [0.3, 0.4) is 0 Å². The summed E-state index contributed by atoms with van der Waals surface area (Å²) in [5, 5.41) is 2.98. The molecule has 7 heteroatoms. The minimum Gasteiger partial charge on any atom is -0.345 e. The first-order valence-corrected chi connectivity index (χ1v) is 10.9. The van der Waals surface area contributed by atoms with Gasteiger partial charge in [-0.25, -0.2) is 8.42 Å². The van der Waals surface area contributed by atoms with Gasteiger partial charge in [-0.15, -0.1) is 0 Å². The lowest BCUT2D eigenvalue weighted by atomic mass is 9.90. The summed E-state index contributed by atoms with van der Waals surface area (Å²) in [6, 6.07) is 7.44. The Morgan fingerprint density at radius 2 is 1.89 bits per heavy atom. The number of fused-ring (bicyclic) bond motifs is 1. The second-order valence-electron chi connectivity index (χ2n) is 6.87. The maximum absolute atomic E-state index is 12.8. The van der Waals surface area contributed by atoms with Crippen molar-refractivity contribution in [3.8, 4) is 0 Å². The largest absolute Gasteiger partial charge is 0.345 e. The summed E-state index contributed by atoms with van der Waals surface area (Å²) in [4.78, 5) is 13.0. The molecule has 1 aromatic heterocycles. The van der Waals surface area contributed by atoms with E-state index in [9.17, 15) is 13.2 Å². The van der Waals surface area contributed by atoms with Crippen molar-refractivity contribution < 1.29 is 13.2 Å². The third-order valence-electron chi connectivity index (χ3n) is 5.20. The van der Waals surface area contributed by atoms with E-state index in [1.807, 2.05) is 12.1 Å². The van der Waals surface area contributed by atoms with Crippen molar-refractivity contribution in [2.24, 2.45) is 7.05 Å². The van der Waals surface area contributed by atoms with Crippen molar-refractivity contribution in [2.45, 2.75) is 44.4 Å². The van der Waals surface area contributed by atoms with Crippen LogP contribution >= 0.6 is 0 Å². The molecule has 1 N–H and O–H groups in total. The molecule has 0 saturated carbocycles. The Labute approximate surface area is 161 Å². The van der Waals surface area contributed by atoms with Crippen LogP contribution in [0.2, 0.25) is 0 Å². The molecule has 1 amide bonds. The van der Waals surface area contributed by atoms with Gasteiger partial charge in [0.05, 0.1) is 0 Å². The maximum atomic E-state index is 12.8. The number of aryl methyl sites for hydroxylation is 2. The third kappa shape index (κ3) is 3.80. The molecule has 0 atom stereocenters. The molecule has 1 aromatic carbocycles. The van der Waals surface area contributed by atoms with E-state index in [1.165, 1.54) is 34.1 Å². The Kier molecular flexibility index (Phi) is 5.72. The van der Waals surface area contributed by atoms with Gasteiger partial charge in [-0.05, 0) is 48.9 Å². The normalized spacial score (nSPS) is 14.2. The number of carbonyl (C=O) groups excluding carboxylic acids is 1. The van der Waals surface area contributed by atoms with Crippen LogP contribution < -0.4 is 5.32 Å². The quantitative estimate of drug-likeness (QED) is 0.825. The zero-order valence-corrected chi connectivity index (χ0v) is 17.0. The van der Waals surface area contributed by atoms with E-state index in [0.29, 0.717) is 18.8 Å². The van der Waals surface area contributed by atoms with Gasteiger partial charge in [-0.3, -0.25) is 4.79 Å². The van der Waals surface area contributed by atoms with Gasteiger partial charge in [-0.2, -0.15) is 4.31 Å². The molecule has 27 heavy (non-hydrogen) atoms. The SMILES string of the molecule is CCN(CC)S(=O)(=O)c1cc(C(=O)Nc2cccc3c2CCCC3)n(C)c1. The molecule has 6 nitrogen and oxygen atoms in total. The van der Waals surface area contributed by atoms with Gasteiger partial charge in [-0.1, -0.05) is 26.0 Å². The first kappa shape index (κ1) is 19.6. The third-order valence-corrected chi connectivity index (χ3v) is 7.22. The molecule has 0 unspecified atom stereocenters. The fourth-order valence-corrected chi connectivity index (χ4v) is 5.23. The smallest absolute Gasteiger partial charge is 0.272 e. The van der Waals surface area contributed by atoms with Gasteiger partial charge in [0.1, 0.15) is 10.6 Å². The van der Waals surface area contributed by atoms with Gasteiger partial charge >= 0.3 is 0 Å². The summed E-state index contributed by atoms with van der Waals surface area (Å²) in [7, 11) is -1.90. The van der Waals surface area contributed by atoms with Crippen LogP contribution in [-0.2, 0) is 29.9 Å². The van der Waals surface area contributed by atoms with Gasteiger partial charge in [0.15, 0.2) is 0 Å². The van der Waals surface area contributed by atoms with E-state index in [4.69, 9.17) is 0 Å². The monoisotopic (exact) mass is 389 g/mol. The van der Waals surface area contributed by atoms with E-state index in [-0.39, 0.29) is 10.8 Å². The molecule has 3 rings (SSSR count). The van der Waals surface area contributed by atoms with Crippen LogP contribution in [0, 0.1) is 0 Å². The average Bonchev–Trinajstić information content (AvgIpc) is 3.05. The molecule has 2 aromatic rings. The number of sulfonamides is 1. The van der Waals surface area contributed by atoms with E-state index >= 15 is 0 Å². The zero-order chi connectivity index (χ0) is 19.6. The first-order chi connectivity index (χ1) is 12.9. The Hall–Kier alpha value is -2.12. The minimum atomic E-state index is -3.59. The van der Waals surface area contributed by atoms with Gasteiger partial charge in [0, 0.05) is 32.0 Å². The minimum absolute atomic E-state index is 0.147. The molecular weight excluding hydrogens is 362 g/mol. The zero-order valence-electron chi connectivity index (χ0n) is 16.2. The van der Waals surface area contributed by atoms with Crippen molar-refractivity contribution in [2.75, 3.05) is 18.4 Å². The summed E-state index contributed by atoms with van der Waals surface area (Å²) in [6.07, 6.45) is 5.80. The van der Waals surface area contributed by atoms with Crippen LogP contribution in [-0.4, -0.2) is 36.3 Å². The molecule has 0 fully saturated rings. The summed E-state index contributed by atoms with van der Waals surface area (Å²) in [6.45, 7) is 4.39. The number of nitrogens with one attached hydrogen (secondary N) is 1. The first-order valence-electron chi connectivity index (χ1n) is 9.47. The highest BCUT2D eigenvalue weighted by Crippen LogP contribution is 2.28. The van der Waals surface area contributed by atoms with Crippen LogP contribution in [0.1, 0.15) is 48.3 Å². The van der Waals surface area contributed by atoms with Crippen molar-refractivity contribution in [1.82, 2.24) is 8.87 Å². The number of anilines is 1. The predicted octanol–water partition coefficient (Wildman–Crippen LogP) is 3.19. The van der Waals surface area contributed by atoms with Crippen LogP contribution in [0.5, 0.6) is 0 Å². The number of hydrogen-bond donors (Lipinski definition) is 1. The van der Waals surface area contributed by atoms with Crippen molar-refractivity contribution in [3.05, 3.63) is 47.3 Å². The Morgan fingerprint density at radius 3 is 2.59 bits per heavy atom. The highest BCUT2D eigenvalue weighted by molar-refractivity contribution is 7.89. The van der Waals surface area contributed by atoms with E-state index in [0.717, 1.165) is 24.9 Å². The second-order valence-corrected chi connectivity index (χ2v) is 8.80. The number of nitrogens with zero attached hydrogens (tertiary/aromatic N) is 2. The average molecular weight is 390 g/mol. The number of hydrogen-bond acceptors (Lipinski definition) is 3. The number of carbonyl (C=O) groups is 1. The molecule has 0 bridgehead atoms. The molecule has 146 valence electrons. The van der Waals surface area contributed by atoms with E-state index in [2.05, 4.69) is 11.4 Å². The lowest BCUT2D eigenvalue weighted by Gasteiger charge is -2.19. The van der Waals surface area contributed by atoms with E-state index < -0.39 is 10.0 Å². The molecule has 0 radical (unpaired) electrons. The number of rotatable bonds is 6. The van der Waals surface area contributed by atoms with Crippen LogP contribution in [0.4, 0.5) is 5.69 Å². The van der Waals surface area contributed by atoms with Crippen LogP contribution in [0.25, 0.3) is 0 Å². The summed E-state index contributed by atoms with van der Waals surface area (Å²) in [5.74, 6) is -0.294. The van der Waals surface area contributed by atoms with E-state index in [1.54, 1.807) is 25.5 Å². The summed E-state index contributed by atoms with van der Waals surface area (Å²) < 4.78 is 28.4. The molecule has 0 spiro atoms. The lowest BCUT2D eigenvalue weighted by molar-refractivity contribution is 0.101. The highest BCUT2D eigenvalue weighted by Gasteiger charge is 2.25. The maximum Gasteiger partial charge on any atom is 0.272 e. The number of aromatic nitrogens is 1. The van der Waals surface area contributed by atoms with Gasteiger partial charge < -0.3 is 9.88 Å². The standard InChI is InChI=1S/C20H27N3O3S/c1-4-23(5-2)27(25,26)16-13-19(22(3)14-16)20(24)21-18-12-8-10-15-9-6-7-11-17(15)18/h8,10,12-14H,4-7,9,11H2,1-3H3,(H,21,24). The second kappa shape index (κ2) is 7.86. The highest BCUT2D eigenvalue weighted by atomic mass is 32.2. The Bertz CT molecular complexity index is 943. The molecule has 1 heterocycles. The van der Waals surface area contributed by atoms with Crippen LogP contribution in [0.15, 0.2) is 35.4 Å². The lowest BCUT2D eigenvalue weighted by Crippen LogP contribution is -2.30. The Morgan fingerprint density at radius 1 is 1.19 bits per heavy atom. The van der Waals surface area contributed by atoms with Crippen molar-refractivity contribution >= 4 is 21.6 Å². The summed E-state index contributed by atoms with van der Waals surface area (Å²) in [5.41, 5.74) is 3.64. The van der Waals surface area contributed by atoms with Crippen molar-refractivity contribution in [3.63, 3.8) is 0 Å². The number of benzene rings is 1. The van der Waals surface area contributed by atoms with Gasteiger partial charge in [0.25, 0.3) is 5.91 Å². The number of amides is 1. The van der Waals surface area contributed by atoms with Gasteiger partial charge in [0.2, 0.25) is 10.0 Å². The molecular formula is C20H27N3O3S. The predicted molar refractivity (Wildman–Crippen MR) is 107 cm³/mol. The Balaban J connectivity index is 1.88. The molecule has 1 aliphatic rings. The topological polar surface area (TPSA) is 71.4 Å². The molecule has 0 saturated heterocycles.